The van der Waals surface area contributed by atoms with Gasteiger partial charge in [-0.05, 0) is 55.2 Å². The molecule has 0 saturated heterocycles. The number of benzene rings is 2. The van der Waals surface area contributed by atoms with Gasteiger partial charge in [0.1, 0.15) is 0 Å². The Morgan fingerprint density at radius 3 is 2.50 bits per heavy atom. The maximum absolute atomic E-state index is 13.2. The van der Waals surface area contributed by atoms with Gasteiger partial charge >= 0.3 is 0 Å². The third-order valence-corrected chi connectivity index (χ3v) is 3.76. The van der Waals surface area contributed by atoms with Crippen molar-refractivity contribution in [3.63, 3.8) is 0 Å². The van der Waals surface area contributed by atoms with E-state index in [-0.39, 0.29) is 6.04 Å². The summed E-state index contributed by atoms with van der Waals surface area (Å²) in [6.07, 6.45) is 0. The van der Waals surface area contributed by atoms with Crippen molar-refractivity contribution in [1.29, 1.82) is 0 Å². The predicted octanol–water partition coefficient (Wildman–Crippen LogP) is 4.43. The molecule has 0 bridgehead atoms. The lowest BCUT2D eigenvalue weighted by molar-refractivity contribution is 0.500. The van der Waals surface area contributed by atoms with Crippen LogP contribution in [0.1, 0.15) is 35.2 Å². The highest BCUT2D eigenvalue weighted by Crippen LogP contribution is 2.18. The molecular formula is C17H19F2N. The average molecular weight is 275 g/mol. The lowest BCUT2D eigenvalue weighted by Crippen LogP contribution is -2.19. The molecule has 20 heavy (non-hydrogen) atoms. The molecule has 1 nitrogen and oxygen atoms in total. The smallest absolute Gasteiger partial charge is 0.159 e. The first-order chi connectivity index (χ1) is 9.49. The fourth-order valence-electron chi connectivity index (χ4n) is 2.17. The zero-order chi connectivity index (χ0) is 14.7. The number of hydrogen-bond acceptors (Lipinski definition) is 1. The van der Waals surface area contributed by atoms with Gasteiger partial charge in [-0.2, -0.15) is 0 Å². The molecule has 106 valence electrons. The van der Waals surface area contributed by atoms with Gasteiger partial charge in [0.25, 0.3) is 0 Å². The first-order valence-corrected chi connectivity index (χ1v) is 6.72. The molecule has 0 aliphatic heterocycles. The van der Waals surface area contributed by atoms with Crippen molar-refractivity contribution < 1.29 is 8.78 Å². The fraction of sp³-hybridized carbons (Fsp3) is 0.294. The van der Waals surface area contributed by atoms with Gasteiger partial charge in [-0.15, -0.1) is 0 Å². The molecule has 0 aliphatic rings. The van der Waals surface area contributed by atoms with Crippen LogP contribution in [0.15, 0.2) is 36.4 Å². The van der Waals surface area contributed by atoms with E-state index < -0.39 is 11.6 Å². The Labute approximate surface area is 118 Å². The summed E-state index contributed by atoms with van der Waals surface area (Å²) in [5.41, 5.74) is 4.48. The van der Waals surface area contributed by atoms with Gasteiger partial charge in [0.05, 0.1) is 0 Å². The molecule has 1 unspecified atom stereocenters. The van der Waals surface area contributed by atoms with Crippen molar-refractivity contribution in [2.75, 3.05) is 0 Å². The highest BCUT2D eigenvalue weighted by atomic mass is 19.2. The second-order valence-corrected chi connectivity index (χ2v) is 5.14. The average Bonchev–Trinajstić information content (AvgIpc) is 2.43. The molecule has 0 spiro atoms. The van der Waals surface area contributed by atoms with Crippen molar-refractivity contribution in [1.82, 2.24) is 5.32 Å². The quantitative estimate of drug-likeness (QED) is 0.870. The largest absolute Gasteiger partial charge is 0.306 e. The van der Waals surface area contributed by atoms with Crippen LogP contribution in [0, 0.1) is 25.5 Å². The number of aryl methyl sites for hydroxylation is 1. The predicted molar refractivity (Wildman–Crippen MR) is 77.5 cm³/mol. The van der Waals surface area contributed by atoms with Crippen LogP contribution in [0.25, 0.3) is 0 Å². The second kappa shape index (κ2) is 6.14. The fourth-order valence-corrected chi connectivity index (χ4v) is 2.17. The SMILES string of the molecule is Cc1cccc(CNC(C)c2ccc(F)c(F)c2)c1C. The minimum absolute atomic E-state index is 0.0370. The Kier molecular flexibility index (Phi) is 4.50. The summed E-state index contributed by atoms with van der Waals surface area (Å²) < 4.78 is 26.1. The van der Waals surface area contributed by atoms with E-state index in [2.05, 4.69) is 31.3 Å². The summed E-state index contributed by atoms with van der Waals surface area (Å²) in [7, 11) is 0. The maximum Gasteiger partial charge on any atom is 0.159 e. The second-order valence-electron chi connectivity index (χ2n) is 5.14. The lowest BCUT2D eigenvalue weighted by atomic mass is 10.0. The van der Waals surface area contributed by atoms with E-state index in [4.69, 9.17) is 0 Å². The van der Waals surface area contributed by atoms with Crippen LogP contribution >= 0.6 is 0 Å². The summed E-state index contributed by atoms with van der Waals surface area (Å²) in [6, 6.07) is 10.2. The van der Waals surface area contributed by atoms with Crippen molar-refractivity contribution >= 4 is 0 Å². The van der Waals surface area contributed by atoms with E-state index in [0.717, 1.165) is 5.56 Å². The lowest BCUT2D eigenvalue weighted by Gasteiger charge is -2.16. The van der Waals surface area contributed by atoms with E-state index in [1.807, 2.05) is 13.0 Å². The van der Waals surface area contributed by atoms with Gasteiger partial charge in [-0.3, -0.25) is 0 Å². The monoisotopic (exact) mass is 275 g/mol. The highest BCUT2D eigenvalue weighted by Gasteiger charge is 2.09. The summed E-state index contributed by atoms with van der Waals surface area (Å²) in [4.78, 5) is 0. The topological polar surface area (TPSA) is 12.0 Å². The van der Waals surface area contributed by atoms with Crippen LogP contribution in [0.4, 0.5) is 8.78 Å². The van der Waals surface area contributed by atoms with Gasteiger partial charge in [0.15, 0.2) is 11.6 Å². The first-order valence-electron chi connectivity index (χ1n) is 6.72. The molecule has 1 N–H and O–H groups in total. The number of rotatable bonds is 4. The van der Waals surface area contributed by atoms with E-state index in [1.165, 1.54) is 28.8 Å². The van der Waals surface area contributed by atoms with E-state index in [9.17, 15) is 8.78 Å². The molecule has 0 fully saturated rings. The molecule has 1 atom stereocenters. The Hall–Kier alpha value is -1.74. The van der Waals surface area contributed by atoms with Crippen molar-refractivity contribution in [2.45, 2.75) is 33.4 Å². The third-order valence-electron chi connectivity index (χ3n) is 3.76. The standard InChI is InChI=1S/C17H19F2N/c1-11-5-4-6-15(12(11)2)10-20-13(3)14-7-8-16(18)17(19)9-14/h4-9,13,20H,10H2,1-3H3. The van der Waals surface area contributed by atoms with E-state index in [0.29, 0.717) is 6.54 Å². The first kappa shape index (κ1) is 14.7. The van der Waals surface area contributed by atoms with Gasteiger partial charge in [0.2, 0.25) is 0 Å². The normalized spacial score (nSPS) is 12.4. The zero-order valence-electron chi connectivity index (χ0n) is 12.0. The molecule has 0 saturated carbocycles. The maximum atomic E-state index is 13.2. The molecule has 0 amide bonds. The molecule has 0 aromatic heterocycles. The highest BCUT2D eigenvalue weighted by molar-refractivity contribution is 5.33. The molecule has 2 rings (SSSR count). The summed E-state index contributed by atoms with van der Waals surface area (Å²) in [6.45, 7) is 6.82. The minimum atomic E-state index is -0.810. The summed E-state index contributed by atoms with van der Waals surface area (Å²) in [5, 5.41) is 3.34. The van der Waals surface area contributed by atoms with Gasteiger partial charge in [-0.25, -0.2) is 8.78 Å². The van der Waals surface area contributed by atoms with Gasteiger partial charge in [0, 0.05) is 12.6 Å². The number of nitrogens with one attached hydrogen (secondary N) is 1. The zero-order valence-corrected chi connectivity index (χ0v) is 12.0. The molecule has 2 aromatic carbocycles. The molecule has 0 radical (unpaired) electrons. The van der Waals surface area contributed by atoms with Crippen LogP contribution in [0.2, 0.25) is 0 Å². The molecule has 0 aliphatic carbocycles. The Morgan fingerprint density at radius 2 is 1.80 bits per heavy atom. The van der Waals surface area contributed by atoms with Crippen LogP contribution in [-0.4, -0.2) is 0 Å². The van der Waals surface area contributed by atoms with Crippen LogP contribution < -0.4 is 5.32 Å². The van der Waals surface area contributed by atoms with Crippen LogP contribution in [-0.2, 0) is 6.54 Å². The van der Waals surface area contributed by atoms with E-state index in [1.54, 1.807) is 6.07 Å². The minimum Gasteiger partial charge on any atom is -0.306 e. The third kappa shape index (κ3) is 3.23. The number of hydrogen-bond donors (Lipinski definition) is 1. The van der Waals surface area contributed by atoms with Crippen LogP contribution in [0.3, 0.4) is 0 Å². The number of halogens is 2. The molecular weight excluding hydrogens is 256 g/mol. The van der Waals surface area contributed by atoms with Crippen molar-refractivity contribution in [3.05, 3.63) is 70.3 Å². The van der Waals surface area contributed by atoms with Gasteiger partial charge < -0.3 is 5.32 Å². The Bertz CT molecular complexity index is 608. The molecule has 2 aromatic rings. The van der Waals surface area contributed by atoms with E-state index >= 15 is 0 Å². The van der Waals surface area contributed by atoms with Crippen molar-refractivity contribution in [3.8, 4) is 0 Å². The van der Waals surface area contributed by atoms with Crippen LogP contribution in [0.5, 0.6) is 0 Å². The molecule has 3 heteroatoms. The Balaban J connectivity index is 2.06. The van der Waals surface area contributed by atoms with Crippen molar-refractivity contribution in [2.24, 2.45) is 0 Å². The Morgan fingerprint density at radius 1 is 1.05 bits per heavy atom. The summed E-state index contributed by atoms with van der Waals surface area (Å²) >= 11 is 0. The summed E-state index contributed by atoms with van der Waals surface area (Å²) in [5.74, 6) is -1.61. The van der Waals surface area contributed by atoms with Gasteiger partial charge in [-0.1, -0.05) is 24.3 Å². The molecule has 0 heterocycles.